The minimum atomic E-state index is 0.406. The Balaban J connectivity index is 0.00000109. The molecule has 0 atom stereocenters. The van der Waals surface area contributed by atoms with E-state index in [-0.39, 0.29) is 0 Å². The lowest BCUT2D eigenvalue weighted by molar-refractivity contribution is 0.989. The molecule has 0 unspecified atom stereocenters. The fourth-order valence-corrected chi connectivity index (χ4v) is 3.65. The minimum Gasteiger partial charge on any atom is -0.383 e. The van der Waals surface area contributed by atoms with Crippen molar-refractivity contribution in [3.05, 3.63) is 77.4 Å². The molecule has 0 aliphatic heterocycles. The van der Waals surface area contributed by atoms with E-state index in [0.717, 1.165) is 22.3 Å². The van der Waals surface area contributed by atoms with Crippen LogP contribution < -0.4 is 5.73 Å². The van der Waals surface area contributed by atoms with Gasteiger partial charge in [-0.05, 0) is 17.7 Å². The number of halogens is 1. The van der Waals surface area contributed by atoms with Crippen LogP contribution in [0.1, 0.15) is 19.4 Å². The number of aromatic nitrogens is 3. The van der Waals surface area contributed by atoms with E-state index in [0.29, 0.717) is 21.6 Å². The van der Waals surface area contributed by atoms with Crippen molar-refractivity contribution in [3.63, 3.8) is 0 Å². The van der Waals surface area contributed by atoms with Gasteiger partial charge in [0.05, 0.1) is 0 Å². The number of pyridine rings is 1. The highest BCUT2D eigenvalue weighted by Gasteiger charge is 2.11. The molecule has 4 aromatic rings. The maximum Gasteiger partial charge on any atom is 0.189 e. The van der Waals surface area contributed by atoms with Gasteiger partial charge in [-0.25, -0.2) is 15.0 Å². The summed E-state index contributed by atoms with van der Waals surface area (Å²) in [5.74, 6) is 1.21. The van der Waals surface area contributed by atoms with E-state index >= 15 is 0 Å². The number of nitrogens with two attached hydrogens (primary N) is 1. The summed E-state index contributed by atoms with van der Waals surface area (Å²) in [5.41, 5.74) is 9.62. The molecule has 2 heterocycles. The van der Waals surface area contributed by atoms with Crippen molar-refractivity contribution >= 4 is 40.2 Å². The molecule has 2 N–H and O–H groups in total. The molecule has 6 heteroatoms. The highest BCUT2D eigenvalue weighted by atomic mass is 35.5. The number of nitrogens with zero attached hydrogens (tertiary/aromatic N) is 3. The van der Waals surface area contributed by atoms with Crippen LogP contribution in [0.15, 0.2) is 72.0 Å². The molecular weight excluding hydrogens is 388 g/mol. The summed E-state index contributed by atoms with van der Waals surface area (Å²) in [7, 11) is 0. The van der Waals surface area contributed by atoms with E-state index in [1.807, 2.05) is 62.4 Å². The molecule has 0 aliphatic rings. The zero-order valence-electron chi connectivity index (χ0n) is 15.8. The van der Waals surface area contributed by atoms with Gasteiger partial charge in [0.25, 0.3) is 0 Å². The molecule has 28 heavy (non-hydrogen) atoms. The molecule has 0 radical (unpaired) electrons. The van der Waals surface area contributed by atoms with E-state index in [4.69, 9.17) is 17.3 Å². The van der Waals surface area contributed by atoms with Crippen molar-refractivity contribution in [1.29, 1.82) is 0 Å². The van der Waals surface area contributed by atoms with E-state index in [2.05, 4.69) is 27.1 Å². The Labute approximate surface area is 174 Å². The first-order valence-corrected chi connectivity index (χ1v) is 10.4. The largest absolute Gasteiger partial charge is 0.383 e. The second kappa shape index (κ2) is 9.53. The summed E-state index contributed by atoms with van der Waals surface area (Å²) in [6.07, 6.45) is 1.78. The standard InChI is InChI=1S/C20H15ClN4S.C2H6/c21-17-9-5-4-8-15(17)16-10-14-11-23-20(25-19(14)24-18(16)22)26-12-13-6-2-1-3-7-13;1-2/h1-11H,12H2,(H2,22,23,24,25);1-2H3. The molecule has 142 valence electrons. The van der Waals surface area contributed by atoms with Crippen molar-refractivity contribution in [2.75, 3.05) is 5.73 Å². The van der Waals surface area contributed by atoms with E-state index < -0.39 is 0 Å². The summed E-state index contributed by atoms with van der Waals surface area (Å²) < 4.78 is 0. The van der Waals surface area contributed by atoms with Crippen LogP contribution in [0.4, 0.5) is 5.82 Å². The average molecular weight is 409 g/mol. The SMILES string of the molecule is CC.Nc1nc2nc(SCc3ccccc3)ncc2cc1-c1ccccc1Cl. The second-order valence-corrected chi connectivity index (χ2v) is 7.09. The summed E-state index contributed by atoms with van der Waals surface area (Å²) in [6.45, 7) is 4.00. The number of fused-ring (bicyclic) bond motifs is 1. The van der Waals surface area contributed by atoms with Gasteiger partial charge in [-0.3, -0.25) is 0 Å². The molecule has 2 aromatic carbocycles. The fourth-order valence-electron chi connectivity index (χ4n) is 2.65. The molecule has 0 spiro atoms. The van der Waals surface area contributed by atoms with Gasteiger partial charge >= 0.3 is 0 Å². The van der Waals surface area contributed by atoms with Gasteiger partial charge in [-0.2, -0.15) is 0 Å². The Morgan fingerprint density at radius 1 is 0.929 bits per heavy atom. The van der Waals surface area contributed by atoms with Crippen molar-refractivity contribution in [3.8, 4) is 11.1 Å². The minimum absolute atomic E-state index is 0.406. The van der Waals surface area contributed by atoms with Gasteiger partial charge < -0.3 is 5.73 Å². The molecule has 0 aliphatic carbocycles. The first-order valence-electron chi connectivity index (χ1n) is 9.05. The zero-order valence-corrected chi connectivity index (χ0v) is 17.3. The van der Waals surface area contributed by atoms with Crippen LogP contribution in [-0.4, -0.2) is 15.0 Å². The summed E-state index contributed by atoms with van der Waals surface area (Å²) in [6, 6.07) is 19.7. The van der Waals surface area contributed by atoms with Crippen LogP contribution in [0.5, 0.6) is 0 Å². The number of rotatable bonds is 4. The molecule has 0 fully saturated rings. The van der Waals surface area contributed by atoms with Crippen molar-refractivity contribution < 1.29 is 0 Å². The molecule has 4 nitrogen and oxygen atoms in total. The van der Waals surface area contributed by atoms with Gasteiger partial charge in [-0.1, -0.05) is 85.7 Å². The van der Waals surface area contributed by atoms with Crippen LogP contribution >= 0.6 is 23.4 Å². The van der Waals surface area contributed by atoms with Gasteiger partial charge in [0.2, 0.25) is 0 Å². The molecule has 0 amide bonds. The number of nitrogen functional groups attached to an aromatic ring is 1. The molecule has 0 saturated carbocycles. The third-order valence-corrected chi connectivity index (χ3v) is 5.21. The van der Waals surface area contributed by atoms with Gasteiger partial charge in [0, 0.05) is 33.5 Å². The quantitative estimate of drug-likeness (QED) is 0.319. The number of thioether (sulfide) groups is 1. The van der Waals surface area contributed by atoms with E-state index in [9.17, 15) is 0 Å². The predicted octanol–water partition coefficient (Wildman–Crippen LogP) is 6.25. The maximum absolute atomic E-state index is 6.29. The van der Waals surface area contributed by atoms with Crippen molar-refractivity contribution in [2.24, 2.45) is 0 Å². The lowest BCUT2D eigenvalue weighted by Gasteiger charge is -2.09. The number of hydrogen-bond acceptors (Lipinski definition) is 5. The van der Waals surface area contributed by atoms with Crippen LogP contribution in [-0.2, 0) is 5.75 Å². The Morgan fingerprint density at radius 3 is 2.39 bits per heavy atom. The van der Waals surface area contributed by atoms with Gasteiger partial charge in [0.1, 0.15) is 5.82 Å². The Bertz CT molecular complexity index is 1070. The Hall–Kier alpha value is -2.63. The molecule has 0 bridgehead atoms. The molecular formula is C22H21ClN4S. The van der Waals surface area contributed by atoms with Crippen LogP contribution in [0, 0.1) is 0 Å². The number of anilines is 1. The molecule has 0 saturated heterocycles. The third-order valence-electron chi connectivity index (χ3n) is 3.95. The average Bonchev–Trinajstić information content (AvgIpc) is 2.74. The Kier molecular flexibility index (Phi) is 6.85. The van der Waals surface area contributed by atoms with E-state index in [1.54, 1.807) is 18.0 Å². The molecule has 4 rings (SSSR count). The van der Waals surface area contributed by atoms with Crippen LogP contribution in [0.3, 0.4) is 0 Å². The smallest absolute Gasteiger partial charge is 0.189 e. The first-order chi connectivity index (χ1) is 13.7. The monoisotopic (exact) mass is 408 g/mol. The highest BCUT2D eigenvalue weighted by Crippen LogP contribution is 2.33. The second-order valence-electron chi connectivity index (χ2n) is 5.74. The lowest BCUT2D eigenvalue weighted by atomic mass is 10.1. The van der Waals surface area contributed by atoms with Crippen molar-refractivity contribution in [2.45, 2.75) is 24.8 Å². The third kappa shape index (κ3) is 4.61. The number of benzene rings is 2. The van der Waals surface area contributed by atoms with Crippen molar-refractivity contribution in [1.82, 2.24) is 15.0 Å². The highest BCUT2D eigenvalue weighted by molar-refractivity contribution is 7.98. The molecule has 2 aromatic heterocycles. The van der Waals surface area contributed by atoms with Gasteiger partial charge in [-0.15, -0.1) is 0 Å². The summed E-state index contributed by atoms with van der Waals surface area (Å²) in [5, 5.41) is 2.15. The summed E-state index contributed by atoms with van der Waals surface area (Å²) in [4.78, 5) is 13.4. The van der Waals surface area contributed by atoms with Crippen LogP contribution in [0.2, 0.25) is 5.02 Å². The van der Waals surface area contributed by atoms with Crippen LogP contribution in [0.25, 0.3) is 22.2 Å². The van der Waals surface area contributed by atoms with Gasteiger partial charge in [0.15, 0.2) is 10.8 Å². The number of hydrogen-bond donors (Lipinski definition) is 1. The first kappa shape index (κ1) is 20.1. The predicted molar refractivity (Wildman–Crippen MR) is 120 cm³/mol. The topological polar surface area (TPSA) is 64.7 Å². The normalized spacial score (nSPS) is 10.4. The Morgan fingerprint density at radius 2 is 1.64 bits per heavy atom. The zero-order chi connectivity index (χ0) is 19.9. The summed E-state index contributed by atoms with van der Waals surface area (Å²) >= 11 is 7.86. The fraction of sp³-hybridized carbons (Fsp3) is 0.136. The van der Waals surface area contributed by atoms with E-state index in [1.165, 1.54) is 5.56 Å². The maximum atomic E-state index is 6.29. The lowest BCUT2D eigenvalue weighted by Crippen LogP contribution is -1.98.